The van der Waals surface area contributed by atoms with E-state index in [-0.39, 0.29) is 23.1 Å². The van der Waals surface area contributed by atoms with Crippen molar-refractivity contribution in [2.75, 3.05) is 13.2 Å². The van der Waals surface area contributed by atoms with Crippen molar-refractivity contribution in [1.82, 2.24) is 0 Å². The number of unbranched alkanes of at least 4 members (excludes halogenated alkanes) is 3. The zero-order chi connectivity index (χ0) is 12.4. The van der Waals surface area contributed by atoms with Gasteiger partial charge in [0.2, 0.25) is 0 Å². The molecule has 0 aromatic carbocycles. The van der Waals surface area contributed by atoms with Gasteiger partial charge in [-0.05, 0) is 43.7 Å². The summed E-state index contributed by atoms with van der Waals surface area (Å²) >= 11 is 9.24. The molecule has 0 aliphatic heterocycles. The van der Waals surface area contributed by atoms with Crippen LogP contribution in [0.4, 0.5) is 0 Å². The number of aliphatic hydroxyl groups excluding tert-OH is 3. The topological polar surface area (TPSA) is 69.9 Å². The number of thiocarbonyl (C=S) groups is 2. The van der Waals surface area contributed by atoms with Crippen LogP contribution in [0.25, 0.3) is 0 Å². The van der Waals surface area contributed by atoms with Crippen molar-refractivity contribution in [1.29, 1.82) is 0 Å². The first kappa shape index (κ1) is 15.7. The largest absolute Gasteiger partial charge is 0.502 e. The van der Waals surface area contributed by atoms with Crippen LogP contribution in [0.1, 0.15) is 32.1 Å². The molecule has 0 fully saturated rings. The third-order valence-corrected chi connectivity index (χ3v) is 2.49. The average Bonchev–Trinajstić information content (AvgIpc) is 2.21. The summed E-state index contributed by atoms with van der Waals surface area (Å²) < 4.78 is 5.13. The molecule has 0 aromatic heterocycles. The summed E-state index contributed by atoms with van der Waals surface area (Å²) in [6.45, 7) is 0.658. The summed E-state index contributed by atoms with van der Waals surface area (Å²) in [5.41, 5.74) is 0. The number of ether oxygens (including phenoxy) is 1. The van der Waals surface area contributed by atoms with Gasteiger partial charge in [-0.3, -0.25) is 0 Å². The molecule has 0 heterocycles. The van der Waals surface area contributed by atoms with Crippen LogP contribution in [0.2, 0.25) is 0 Å². The normalized spacial score (nSPS) is 12.1. The second-order valence-corrected chi connectivity index (χ2v) is 4.29. The Bertz CT molecular complexity index is 221. The van der Waals surface area contributed by atoms with E-state index in [0.717, 1.165) is 25.7 Å². The summed E-state index contributed by atoms with van der Waals surface area (Å²) in [4.78, 5) is 0. The van der Waals surface area contributed by atoms with Gasteiger partial charge in [0.15, 0.2) is 10.1 Å². The number of rotatable bonds is 9. The Hall–Kier alpha value is -0.300. The summed E-state index contributed by atoms with van der Waals surface area (Å²) in [5.74, 6) is 0. The van der Waals surface area contributed by atoms with Gasteiger partial charge in [0.25, 0.3) is 0 Å². The Labute approximate surface area is 106 Å². The van der Waals surface area contributed by atoms with Gasteiger partial charge in [-0.25, -0.2) is 0 Å². The van der Waals surface area contributed by atoms with Crippen LogP contribution in [0.15, 0.2) is 0 Å². The van der Waals surface area contributed by atoms with Crippen molar-refractivity contribution in [3.63, 3.8) is 0 Å². The van der Waals surface area contributed by atoms with E-state index in [0.29, 0.717) is 6.61 Å². The molecule has 16 heavy (non-hydrogen) atoms. The fourth-order valence-corrected chi connectivity index (χ4v) is 1.41. The van der Waals surface area contributed by atoms with Gasteiger partial charge >= 0.3 is 0 Å². The summed E-state index contributed by atoms with van der Waals surface area (Å²) in [6.07, 6.45) is 2.47. The van der Waals surface area contributed by atoms with Crippen LogP contribution < -0.4 is 0 Å². The third kappa shape index (κ3) is 8.96. The molecule has 3 N–H and O–H groups in total. The molecule has 0 rings (SSSR count). The van der Waals surface area contributed by atoms with Gasteiger partial charge in [0.1, 0.15) is 6.10 Å². The lowest BCUT2D eigenvalue weighted by Gasteiger charge is -2.12. The molecule has 0 aliphatic carbocycles. The second kappa shape index (κ2) is 9.89. The molecule has 0 radical (unpaired) electrons. The highest BCUT2D eigenvalue weighted by Crippen LogP contribution is 2.03. The quantitative estimate of drug-likeness (QED) is 0.434. The Morgan fingerprint density at radius 2 is 1.75 bits per heavy atom. The molecule has 1 atom stereocenters. The molecule has 0 saturated heterocycles. The first-order chi connectivity index (χ1) is 7.57. The molecule has 0 aliphatic rings. The van der Waals surface area contributed by atoms with Gasteiger partial charge in [0, 0.05) is 13.0 Å². The van der Waals surface area contributed by atoms with E-state index in [1.165, 1.54) is 0 Å². The monoisotopic (exact) mass is 266 g/mol. The van der Waals surface area contributed by atoms with Gasteiger partial charge in [-0.15, -0.1) is 0 Å². The molecule has 0 aromatic rings. The van der Waals surface area contributed by atoms with E-state index in [4.69, 9.17) is 27.2 Å². The smallest absolute Gasteiger partial charge is 0.189 e. The number of aliphatic hydroxyl groups is 3. The molecular formula is C10H18O4S2. The van der Waals surface area contributed by atoms with Crippen molar-refractivity contribution in [2.24, 2.45) is 0 Å². The molecule has 0 saturated carbocycles. The van der Waals surface area contributed by atoms with Gasteiger partial charge in [0.05, 0.1) is 6.61 Å². The molecule has 0 bridgehead atoms. The van der Waals surface area contributed by atoms with E-state index in [2.05, 4.69) is 12.2 Å². The Balaban J connectivity index is 3.46. The maximum atomic E-state index is 9.38. The van der Waals surface area contributed by atoms with Crippen molar-refractivity contribution < 1.29 is 20.1 Å². The van der Waals surface area contributed by atoms with Gasteiger partial charge in [-0.2, -0.15) is 0 Å². The molecule has 0 spiro atoms. The van der Waals surface area contributed by atoms with E-state index < -0.39 is 6.10 Å². The fourth-order valence-electron chi connectivity index (χ4n) is 1.09. The second-order valence-electron chi connectivity index (χ2n) is 3.42. The van der Waals surface area contributed by atoms with Crippen LogP contribution in [0.3, 0.4) is 0 Å². The standard InChI is InChI=1S/C10H18O4S2/c11-5-3-1-2-4-6-14-10(16)8(12)7-9(13)15/h8,11-12H,1-7H2,(H,13,15). The van der Waals surface area contributed by atoms with E-state index in [9.17, 15) is 5.11 Å². The third-order valence-electron chi connectivity index (χ3n) is 1.94. The summed E-state index contributed by atoms with van der Waals surface area (Å²) in [6, 6.07) is 0. The van der Waals surface area contributed by atoms with E-state index >= 15 is 0 Å². The highest BCUT2D eigenvalue weighted by atomic mass is 32.1. The lowest BCUT2D eigenvalue weighted by molar-refractivity contribution is 0.191. The van der Waals surface area contributed by atoms with E-state index in [1.54, 1.807) is 0 Å². The van der Waals surface area contributed by atoms with Crippen molar-refractivity contribution in [2.45, 2.75) is 38.2 Å². The minimum Gasteiger partial charge on any atom is -0.502 e. The Morgan fingerprint density at radius 3 is 2.31 bits per heavy atom. The van der Waals surface area contributed by atoms with Gasteiger partial charge < -0.3 is 20.1 Å². The molecular weight excluding hydrogens is 248 g/mol. The number of hydrogen-bond acceptors (Lipinski definition) is 5. The van der Waals surface area contributed by atoms with Crippen molar-refractivity contribution >= 4 is 34.5 Å². The van der Waals surface area contributed by atoms with Crippen LogP contribution >= 0.6 is 24.4 Å². The molecule has 6 heteroatoms. The SMILES string of the molecule is OCCCCCCOC(=S)C(O)CC(O)=S. The summed E-state index contributed by atoms with van der Waals surface area (Å²) in [5, 5.41) is 26.5. The van der Waals surface area contributed by atoms with Gasteiger partial charge in [-0.1, -0.05) is 6.42 Å². The van der Waals surface area contributed by atoms with Crippen molar-refractivity contribution in [3.05, 3.63) is 0 Å². The lowest BCUT2D eigenvalue weighted by atomic mass is 10.2. The Kier molecular flexibility index (Phi) is 9.71. The molecule has 1 unspecified atom stereocenters. The predicted octanol–water partition coefficient (Wildman–Crippen LogP) is 1.52. The van der Waals surface area contributed by atoms with Crippen LogP contribution in [0, 0.1) is 0 Å². The van der Waals surface area contributed by atoms with Crippen LogP contribution in [-0.2, 0) is 4.74 Å². The minimum absolute atomic E-state index is 0.0569. The zero-order valence-corrected chi connectivity index (χ0v) is 10.7. The van der Waals surface area contributed by atoms with Crippen LogP contribution in [0.5, 0.6) is 0 Å². The van der Waals surface area contributed by atoms with Crippen molar-refractivity contribution in [3.8, 4) is 0 Å². The number of hydrogen-bond donors (Lipinski definition) is 3. The first-order valence-electron chi connectivity index (χ1n) is 5.25. The first-order valence-corrected chi connectivity index (χ1v) is 6.07. The zero-order valence-electron chi connectivity index (χ0n) is 9.09. The fraction of sp³-hybridized carbons (Fsp3) is 0.800. The maximum Gasteiger partial charge on any atom is 0.189 e. The average molecular weight is 266 g/mol. The predicted molar refractivity (Wildman–Crippen MR) is 70.0 cm³/mol. The highest BCUT2D eigenvalue weighted by molar-refractivity contribution is 7.80. The molecule has 0 amide bonds. The summed E-state index contributed by atoms with van der Waals surface area (Å²) in [7, 11) is 0. The molecule has 94 valence electrons. The maximum absolute atomic E-state index is 9.38. The van der Waals surface area contributed by atoms with E-state index in [1.807, 2.05) is 0 Å². The minimum atomic E-state index is -1.01. The highest BCUT2D eigenvalue weighted by Gasteiger charge is 2.13. The lowest BCUT2D eigenvalue weighted by Crippen LogP contribution is -2.24. The van der Waals surface area contributed by atoms with Crippen LogP contribution in [-0.4, -0.2) is 44.7 Å². The molecule has 4 nitrogen and oxygen atoms in total. The Morgan fingerprint density at radius 1 is 1.12 bits per heavy atom.